The molecule has 3 aromatic carbocycles. The third-order valence-corrected chi connectivity index (χ3v) is 5.35. The van der Waals surface area contributed by atoms with Crippen LogP contribution in [-0.4, -0.2) is 38.5 Å². The van der Waals surface area contributed by atoms with Crippen molar-refractivity contribution in [2.75, 3.05) is 5.32 Å². The SMILES string of the molecule is O=C(Nc1ccccc1[N+](=O)[O-])C(Cc1cccc([N+](=O)[O-])c1)N1C(=O)c2ccccc2C1=O. The number of nitro groups is 2. The Labute approximate surface area is 191 Å². The maximum absolute atomic E-state index is 13.3. The van der Waals surface area contributed by atoms with Crippen LogP contribution in [0.25, 0.3) is 0 Å². The third-order valence-electron chi connectivity index (χ3n) is 5.35. The molecule has 1 aliphatic rings. The smallest absolute Gasteiger partial charge is 0.292 e. The van der Waals surface area contributed by atoms with Crippen LogP contribution in [0, 0.1) is 20.2 Å². The first-order valence-corrected chi connectivity index (χ1v) is 10.0. The Morgan fingerprint density at radius 3 is 2.09 bits per heavy atom. The average Bonchev–Trinajstić information content (AvgIpc) is 3.08. The van der Waals surface area contributed by atoms with Crippen LogP contribution in [0.3, 0.4) is 0 Å². The van der Waals surface area contributed by atoms with Crippen molar-refractivity contribution in [1.82, 2.24) is 4.90 Å². The molecule has 1 atom stereocenters. The molecule has 34 heavy (non-hydrogen) atoms. The number of rotatable bonds is 7. The van der Waals surface area contributed by atoms with Crippen molar-refractivity contribution < 1.29 is 24.2 Å². The highest BCUT2D eigenvalue weighted by Gasteiger charge is 2.43. The summed E-state index contributed by atoms with van der Waals surface area (Å²) < 4.78 is 0. The molecular weight excluding hydrogens is 444 g/mol. The molecule has 0 aromatic heterocycles. The van der Waals surface area contributed by atoms with Crippen LogP contribution < -0.4 is 5.32 Å². The summed E-state index contributed by atoms with van der Waals surface area (Å²) in [6, 6.07) is 15.6. The van der Waals surface area contributed by atoms with Crippen molar-refractivity contribution in [3.63, 3.8) is 0 Å². The predicted molar refractivity (Wildman–Crippen MR) is 119 cm³/mol. The molecule has 1 heterocycles. The number of benzene rings is 3. The molecule has 1 unspecified atom stereocenters. The van der Waals surface area contributed by atoms with Gasteiger partial charge in [-0.3, -0.25) is 39.5 Å². The molecule has 0 saturated carbocycles. The first-order valence-electron chi connectivity index (χ1n) is 10.0. The van der Waals surface area contributed by atoms with Crippen LogP contribution in [-0.2, 0) is 11.2 Å². The molecule has 11 nitrogen and oxygen atoms in total. The second-order valence-electron chi connectivity index (χ2n) is 7.44. The van der Waals surface area contributed by atoms with Gasteiger partial charge in [0.1, 0.15) is 11.7 Å². The van der Waals surface area contributed by atoms with E-state index in [4.69, 9.17) is 0 Å². The Morgan fingerprint density at radius 2 is 1.47 bits per heavy atom. The van der Waals surface area contributed by atoms with Crippen molar-refractivity contribution in [3.05, 3.63) is 110 Å². The highest BCUT2D eigenvalue weighted by Crippen LogP contribution is 2.29. The normalized spacial score (nSPS) is 13.4. The minimum absolute atomic E-state index is 0.113. The van der Waals surface area contributed by atoms with Gasteiger partial charge in [0.2, 0.25) is 5.91 Å². The lowest BCUT2D eigenvalue weighted by atomic mass is 10.0. The lowest BCUT2D eigenvalue weighted by Crippen LogP contribution is -2.48. The second-order valence-corrected chi connectivity index (χ2v) is 7.44. The van der Waals surface area contributed by atoms with Crippen LogP contribution >= 0.6 is 0 Å². The van der Waals surface area contributed by atoms with E-state index in [0.29, 0.717) is 5.56 Å². The number of amides is 3. The van der Waals surface area contributed by atoms with Gasteiger partial charge in [-0.1, -0.05) is 36.4 Å². The molecule has 4 rings (SSSR count). The largest absolute Gasteiger partial charge is 0.319 e. The summed E-state index contributed by atoms with van der Waals surface area (Å²) in [6.07, 6.45) is -0.236. The summed E-state index contributed by atoms with van der Waals surface area (Å²) >= 11 is 0. The van der Waals surface area contributed by atoms with Gasteiger partial charge in [-0.05, 0) is 23.8 Å². The van der Waals surface area contributed by atoms with Crippen LogP contribution in [0.5, 0.6) is 0 Å². The zero-order valence-corrected chi connectivity index (χ0v) is 17.4. The number of nitrogens with zero attached hydrogens (tertiary/aromatic N) is 3. The molecule has 3 amide bonds. The fourth-order valence-electron chi connectivity index (χ4n) is 3.77. The van der Waals surface area contributed by atoms with Gasteiger partial charge in [0.15, 0.2) is 0 Å². The first-order chi connectivity index (χ1) is 16.3. The highest BCUT2D eigenvalue weighted by molar-refractivity contribution is 6.23. The standard InChI is InChI=1S/C23H16N4O7/c28-21(24-18-10-3-4-11-19(18)27(33)34)20(13-14-6-5-7-15(12-14)26(31)32)25-22(29)16-8-1-2-9-17(16)23(25)30/h1-12,20H,13H2,(H,24,28). The second kappa shape index (κ2) is 8.90. The van der Waals surface area contributed by atoms with E-state index in [1.54, 1.807) is 12.1 Å². The maximum atomic E-state index is 13.3. The minimum atomic E-state index is -1.42. The number of carbonyl (C=O) groups excluding carboxylic acids is 3. The summed E-state index contributed by atoms with van der Waals surface area (Å²) in [7, 11) is 0. The number of non-ortho nitro benzene ring substituents is 1. The van der Waals surface area contributed by atoms with Crippen molar-refractivity contribution in [2.24, 2.45) is 0 Å². The Hall–Kier alpha value is -4.93. The number of carbonyl (C=O) groups is 3. The number of anilines is 1. The van der Waals surface area contributed by atoms with E-state index in [1.165, 1.54) is 60.7 Å². The predicted octanol–water partition coefficient (Wildman–Crippen LogP) is 3.35. The van der Waals surface area contributed by atoms with Crippen molar-refractivity contribution in [2.45, 2.75) is 12.5 Å². The number of para-hydroxylation sites is 2. The number of imide groups is 1. The Bertz CT molecular complexity index is 1320. The van der Waals surface area contributed by atoms with E-state index in [9.17, 15) is 34.6 Å². The van der Waals surface area contributed by atoms with Crippen LogP contribution in [0.15, 0.2) is 72.8 Å². The summed E-state index contributed by atoms with van der Waals surface area (Å²) in [5.74, 6) is -2.25. The van der Waals surface area contributed by atoms with E-state index in [1.807, 2.05) is 0 Å². The van der Waals surface area contributed by atoms with Gasteiger partial charge in [-0.25, -0.2) is 0 Å². The molecule has 1 N–H and O–H groups in total. The summed E-state index contributed by atoms with van der Waals surface area (Å²) in [5.41, 5.74) is -0.137. The summed E-state index contributed by atoms with van der Waals surface area (Å²) in [6.45, 7) is 0. The topological polar surface area (TPSA) is 153 Å². The van der Waals surface area contributed by atoms with Gasteiger partial charge in [-0.2, -0.15) is 0 Å². The van der Waals surface area contributed by atoms with Gasteiger partial charge >= 0.3 is 0 Å². The van der Waals surface area contributed by atoms with E-state index in [0.717, 1.165) is 4.90 Å². The quantitative estimate of drug-likeness (QED) is 0.322. The van der Waals surface area contributed by atoms with Gasteiger partial charge in [0.25, 0.3) is 23.2 Å². The van der Waals surface area contributed by atoms with Crippen LogP contribution in [0.2, 0.25) is 0 Å². The third kappa shape index (κ3) is 4.09. The fraction of sp³-hybridized carbons (Fsp3) is 0.0870. The van der Waals surface area contributed by atoms with Crippen molar-refractivity contribution in [1.29, 1.82) is 0 Å². The monoisotopic (exact) mass is 460 g/mol. The molecule has 0 aliphatic carbocycles. The number of nitro benzene ring substituents is 2. The van der Waals surface area contributed by atoms with E-state index in [2.05, 4.69) is 5.32 Å². The zero-order chi connectivity index (χ0) is 24.4. The van der Waals surface area contributed by atoms with Gasteiger partial charge < -0.3 is 5.32 Å². The minimum Gasteiger partial charge on any atom is -0.319 e. The number of nitrogens with one attached hydrogen (secondary N) is 1. The lowest BCUT2D eigenvalue weighted by molar-refractivity contribution is -0.384. The summed E-state index contributed by atoms with van der Waals surface area (Å²) in [4.78, 5) is 61.5. The molecule has 0 fully saturated rings. The Kier molecular flexibility index (Phi) is 5.83. The average molecular weight is 460 g/mol. The molecule has 0 saturated heterocycles. The maximum Gasteiger partial charge on any atom is 0.292 e. The van der Waals surface area contributed by atoms with Gasteiger partial charge in [0.05, 0.1) is 21.0 Å². The molecule has 3 aromatic rings. The molecule has 0 spiro atoms. The molecule has 170 valence electrons. The molecule has 0 bridgehead atoms. The van der Waals surface area contributed by atoms with E-state index in [-0.39, 0.29) is 34.6 Å². The fourth-order valence-corrected chi connectivity index (χ4v) is 3.77. The van der Waals surface area contributed by atoms with Crippen LogP contribution in [0.1, 0.15) is 26.3 Å². The van der Waals surface area contributed by atoms with E-state index >= 15 is 0 Å². The number of fused-ring (bicyclic) bond motifs is 1. The lowest BCUT2D eigenvalue weighted by Gasteiger charge is -2.25. The number of hydrogen-bond acceptors (Lipinski definition) is 7. The van der Waals surface area contributed by atoms with E-state index < -0.39 is 33.6 Å². The molecular formula is C23H16N4O7. The van der Waals surface area contributed by atoms with Crippen molar-refractivity contribution >= 4 is 34.8 Å². The molecule has 1 aliphatic heterocycles. The number of hydrogen-bond donors (Lipinski definition) is 1. The highest BCUT2D eigenvalue weighted by atomic mass is 16.6. The van der Waals surface area contributed by atoms with Crippen LogP contribution in [0.4, 0.5) is 17.1 Å². The first kappa shape index (κ1) is 22.3. The Morgan fingerprint density at radius 1 is 0.853 bits per heavy atom. The molecule has 0 radical (unpaired) electrons. The molecule has 11 heteroatoms. The Balaban J connectivity index is 1.73. The zero-order valence-electron chi connectivity index (χ0n) is 17.4. The van der Waals surface area contributed by atoms with Crippen molar-refractivity contribution in [3.8, 4) is 0 Å². The van der Waals surface area contributed by atoms with Gasteiger partial charge in [-0.15, -0.1) is 0 Å². The summed E-state index contributed by atoms with van der Waals surface area (Å²) in [5, 5.41) is 24.9. The van der Waals surface area contributed by atoms with Gasteiger partial charge in [0, 0.05) is 24.6 Å².